The summed E-state index contributed by atoms with van der Waals surface area (Å²) in [4.78, 5) is 12.2. The topological polar surface area (TPSA) is 46.9 Å². The van der Waals surface area contributed by atoms with Crippen molar-refractivity contribution in [1.29, 1.82) is 0 Å². The van der Waals surface area contributed by atoms with Crippen molar-refractivity contribution < 1.29 is 4.79 Å². The number of amides is 1. The lowest BCUT2D eigenvalue weighted by Gasteiger charge is -2.18. The molecule has 0 saturated heterocycles. The molecule has 4 nitrogen and oxygen atoms in total. The fourth-order valence-corrected chi connectivity index (χ4v) is 2.33. The van der Waals surface area contributed by atoms with Crippen LogP contribution in [-0.4, -0.2) is 15.7 Å². The Kier molecular flexibility index (Phi) is 3.07. The molecule has 1 aromatic heterocycles. The molecule has 19 heavy (non-hydrogen) atoms. The van der Waals surface area contributed by atoms with E-state index in [1.54, 1.807) is 17.1 Å². The van der Waals surface area contributed by atoms with Crippen molar-refractivity contribution in [3.05, 3.63) is 53.9 Å². The molecule has 0 aliphatic heterocycles. The molecule has 98 valence electrons. The summed E-state index contributed by atoms with van der Waals surface area (Å²) < 4.78 is 1.64. The van der Waals surface area contributed by atoms with E-state index in [1.807, 2.05) is 25.2 Å². The van der Waals surface area contributed by atoms with Gasteiger partial charge in [-0.3, -0.25) is 9.48 Å². The molecule has 1 aromatic carbocycles. The van der Waals surface area contributed by atoms with Gasteiger partial charge in [0, 0.05) is 13.2 Å². The van der Waals surface area contributed by atoms with Crippen molar-refractivity contribution in [1.82, 2.24) is 15.1 Å². The maximum atomic E-state index is 12.2. The quantitative estimate of drug-likeness (QED) is 0.911. The summed E-state index contributed by atoms with van der Waals surface area (Å²) in [5, 5.41) is 7.17. The number of rotatable bonds is 4. The largest absolute Gasteiger partial charge is 0.345 e. The Morgan fingerprint density at radius 2 is 2.11 bits per heavy atom. The smallest absolute Gasteiger partial charge is 0.254 e. The number of nitrogens with one attached hydrogen (secondary N) is 1. The Hall–Kier alpha value is -2.10. The van der Waals surface area contributed by atoms with Crippen LogP contribution in [0.3, 0.4) is 0 Å². The Balaban J connectivity index is 1.77. The average Bonchev–Trinajstić information content (AvgIpc) is 3.18. The monoisotopic (exact) mass is 255 g/mol. The molecule has 1 amide bonds. The minimum atomic E-state index is -0.0474. The summed E-state index contributed by atoms with van der Waals surface area (Å²) in [6.45, 7) is 0. The first-order valence-electron chi connectivity index (χ1n) is 6.58. The van der Waals surface area contributed by atoms with Crippen molar-refractivity contribution in [3.63, 3.8) is 0 Å². The van der Waals surface area contributed by atoms with Gasteiger partial charge in [0.25, 0.3) is 5.91 Å². The second-order valence-electron chi connectivity index (χ2n) is 5.10. The molecule has 0 bridgehead atoms. The van der Waals surface area contributed by atoms with Gasteiger partial charge in [0.05, 0.1) is 17.8 Å². The van der Waals surface area contributed by atoms with Crippen molar-refractivity contribution in [2.75, 3.05) is 0 Å². The van der Waals surface area contributed by atoms with Crippen molar-refractivity contribution >= 4 is 5.91 Å². The molecule has 4 heteroatoms. The van der Waals surface area contributed by atoms with Crippen LogP contribution in [0.4, 0.5) is 0 Å². The van der Waals surface area contributed by atoms with Crippen LogP contribution in [0.5, 0.6) is 0 Å². The minimum absolute atomic E-state index is 0.0474. The number of nitrogens with zero attached hydrogens (tertiary/aromatic N) is 2. The number of aryl methyl sites for hydroxylation is 1. The number of hydrogen-bond acceptors (Lipinski definition) is 2. The SMILES string of the molecule is Cn1cc(C(=O)NC(c2ccccc2)C2CC2)cn1. The van der Waals surface area contributed by atoms with E-state index in [0.29, 0.717) is 11.5 Å². The molecule has 3 rings (SSSR count). The Bertz CT molecular complexity index is 572. The molecule has 2 aromatic rings. The summed E-state index contributed by atoms with van der Waals surface area (Å²) in [5.74, 6) is 0.525. The van der Waals surface area contributed by atoms with Gasteiger partial charge in [-0.05, 0) is 24.3 Å². The van der Waals surface area contributed by atoms with Crippen LogP contribution in [0, 0.1) is 5.92 Å². The fourth-order valence-electron chi connectivity index (χ4n) is 2.33. The Morgan fingerprint density at radius 1 is 1.37 bits per heavy atom. The van der Waals surface area contributed by atoms with Crippen LogP contribution in [0.15, 0.2) is 42.7 Å². The maximum absolute atomic E-state index is 12.2. The fraction of sp³-hybridized carbons (Fsp3) is 0.333. The van der Waals surface area contributed by atoms with Crippen molar-refractivity contribution in [3.8, 4) is 0 Å². The molecule has 0 radical (unpaired) electrons. The molecule has 1 N–H and O–H groups in total. The van der Waals surface area contributed by atoms with Crippen molar-refractivity contribution in [2.45, 2.75) is 18.9 Å². The summed E-state index contributed by atoms with van der Waals surface area (Å²) in [6.07, 6.45) is 5.72. The standard InChI is InChI=1S/C15H17N3O/c1-18-10-13(9-16-18)15(19)17-14(12-7-8-12)11-5-3-2-4-6-11/h2-6,9-10,12,14H,7-8H2,1H3,(H,17,19). The zero-order chi connectivity index (χ0) is 13.2. The van der Waals surface area contributed by atoms with Gasteiger partial charge in [0.1, 0.15) is 0 Å². The van der Waals surface area contributed by atoms with Gasteiger partial charge in [-0.2, -0.15) is 5.10 Å². The molecule has 1 aliphatic rings. The van der Waals surface area contributed by atoms with E-state index in [-0.39, 0.29) is 11.9 Å². The second kappa shape index (κ2) is 4.88. The second-order valence-corrected chi connectivity index (χ2v) is 5.10. The first kappa shape index (κ1) is 12.0. The highest BCUT2D eigenvalue weighted by molar-refractivity contribution is 5.94. The number of hydrogen-bond donors (Lipinski definition) is 1. The van der Waals surface area contributed by atoms with Gasteiger partial charge in [0.15, 0.2) is 0 Å². The lowest BCUT2D eigenvalue weighted by Crippen LogP contribution is -2.29. The molecule has 1 atom stereocenters. The van der Waals surface area contributed by atoms with E-state index in [4.69, 9.17) is 0 Å². The van der Waals surface area contributed by atoms with Crippen molar-refractivity contribution in [2.24, 2.45) is 13.0 Å². The summed E-state index contributed by atoms with van der Waals surface area (Å²) in [7, 11) is 1.81. The van der Waals surface area contributed by atoms with Gasteiger partial charge >= 0.3 is 0 Å². The molecule has 1 heterocycles. The predicted octanol–water partition coefficient (Wildman–Crippen LogP) is 2.30. The third kappa shape index (κ3) is 2.67. The molecule has 0 spiro atoms. The average molecular weight is 255 g/mol. The normalized spacial score (nSPS) is 16.1. The van der Waals surface area contributed by atoms with Crippen LogP contribution >= 0.6 is 0 Å². The van der Waals surface area contributed by atoms with Gasteiger partial charge < -0.3 is 5.32 Å². The zero-order valence-corrected chi connectivity index (χ0v) is 10.9. The number of carbonyl (C=O) groups excluding carboxylic acids is 1. The molecular weight excluding hydrogens is 238 g/mol. The Labute approximate surface area is 112 Å². The van der Waals surface area contributed by atoms with Gasteiger partial charge in [-0.1, -0.05) is 30.3 Å². The number of aromatic nitrogens is 2. The highest BCUT2D eigenvalue weighted by atomic mass is 16.1. The lowest BCUT2D eigenvalue weighted by molar-refractivity contribution is 0.0931. The number of carbonyl (C=O) groups is 1. The summed E-state index contributed by atoms with van der Waals surface area (Å²) in [5.41, 5.74) is 1.80. The van der Waals surface area contributed by atoms with E-state index < -0.39 is 0 Å². The van der Waals surface area contributed by atoms with Crippen LogP contribution in [0.2, 0.25) is 0 Å². The van der Waals surface area contributed by atoms with E-state index in [0.717, 1.165) is 0 Å². The van der Waals surface area contributed by atoms with E-state index in [2.05, 4.69) is 22.5 Å². The molecule has 1 fully saturated rings. The zero-order valence-electron chi connectivity index (χ0n) is 10.9. The molecule has 1 aliphatic carbocycles. The van der Waals surface area contributed by atoms with Gasteiger partial charge in [-0.15, -0.1) is 0 Å². The van der Waals surface area contributed by atoms with Crippen LogP contribution < -0.4 is 5.32 Å². The lowest BCUT2D eigenvalue weighted by atomic mass is 10.0. The summed E-state index contributed by atoms with van der Waals surface area (Å²) in [6, 6.07) is 10.3. The third-order valence-corrected chi connectivity index (χ3v) is 3.51. The molecular formula is C15H17N3O. The minimum Gasteiger partial charge on any atom is -0.345 e. The van der Waals surface area contributed by atoms with Gasteiger partial charge in [-0.25, -0.2) is 0 Å². The molecule has 1 saturated carbocycles. The number of benzene rings is 1. The van der Waals surface area contributed by atoms with E-state index in [9.17, 15) is 4.79 Å². The Morgan fingerprint density at radius 3 is 2.68 bits per heavy atom. The van der Waals surface area contributed by atoms with Crippen LogP contribution in [0.25, 0.3) is 0 Å². The third-order valence-electron chi connectivity index (χ3n) is 3.51. The van der Waals surface area contributed by atoms with Crippen LogP contribution in [0.1, 0.15) is 34.8 Å². The van der Waals surface area contributed by atoms with Gasteiger partial charge in [0.2, 0.25) is 0 Å². The van der Waals surface area contributed by atoms with E-state index in [1.165, 1.54) is 18.4 Å². The van der Waals surface area contributed by atoms with E-state index >= 15 is 0 Å². The summed E-state index contributed by atoms with van der Waals surface area (Å²) >= 11 is 0. The highest BCUT2D eigenvalue weighted by Crippen LogP contribution is 2.41. The first-order valence-corrected chi connectivity index (χ1v) is 6.58. The first-order chi connectivity index (χ1) is 9.24. The predicted molar refractivity (Wildman–Crippen MR) is 72.6 cm³/mol. The highest BCUT2D eigenvalue weighted by Gasteiger charge is 2.33. The maximum Gasteiger partial charge on any atom is 0.254 e. The van der Waals surface area contributed by atoms with Crippen LogP contribution in [-0.2, 0) is 7.05 Å². The molecule has 1 unspecified atom stereocenters.